The number of benzene rings is 1. The van der Waals surface area contributed by atoms with Gasteiger partial charge < -0.3 is 14.9 Å². The third kappa shape index (κ3) is 4.33. The molecule has 1 aliphatic heterocycles. The summed E-state index contributed by atoms with van der Waals surface area (Å²) in [5, 5.41) is 9.87. The molecule has 3 rings (SSSR count). The lowest BCUT2D eigenvalue weighted by Crippen LogP contribution is -2.45. The summed E-state index contributed by atoms with van der Waals surface area (Å²) >= 11 is 0. The van der Waals surface area contributed by atoms with E-state index >= 15 is 0 Å². The van der Waals surface area contributed by atoms with Gasteiger partial charge in [-0.15, -0.1) is 0 Å². The van der Waals surface area contributed by atoms with E-state index in [4.69, 9.17) is 9.97 Å². The van der Waals surface area contributed by atoms with Gasteiger partial charge in [0.1, 0.15) is 0 Å². The van der Waals surface area contributed by atoms with Gasteiger partial charge in [-0.3, -0.25) is 4.79 Å². The van der Waals surface area contributed by atoms with Gasteiger partial charge in [-0.1, -0.05) is 43.2 Å². The maximum absolute atomic E-state index is 12.0. The normalized spacial score (nSPS) is 16.2. The van der Waals surface area contributed by atoms with Gasteiger partial charge in [-0.25, -0.2) is 9.97 Å². The molecule has 1 atom stereocenters. The van der Waals surface area contributed by atoms with Gasteiger partial charge in [0.25, 0.3) is 0 Å². The topological polar surface area (TPSA) is 69.6 Å². The second-order valence-corrected chi connectivity index (χ2v) is 7.71. The summed E-state index contributed by atoms with van der Waals surface area (Å²) in [6.07, 6.45) is 1.37. The van der Waals surface area contributed by atoms with E-state index < -0.39 is 11.9 Å². The predicted molar refractivity (Wildman–Crippen MR) is 112 cm³/mol. The number of anilines is 1. The van der Waals surface area contributed by atoms with Crippen molar-refractivity contribution in [1.29, 1.82) is 0 Å². The SMILES string of the molecule is CCCC(C(=O)O)c1c(C)nc(N2CCN(C)CC2)nc1-c1ccc(C)cc1. The first-order valence-electron chi connectivity index (χ1n) is 10.0. The average molecular weight is 383 g/mol. The van der Waals surface area contributed by atoms with Crippen LogP contribution < -0.4 is 4.90 Å². The molecule has 1 aliphatic rings. The van der Waals surface area contributed by atoms with E-state index in [0.717, 1.165) is 55.1 Å². The summed E-state index contributed by atoms with van der Waals surface area (Å²) in [7, 11) is 2.12. The second kappa shape index (κ2) is 8.69. The van der Waals surface area contributed by atoms with E-state index in [0.29, 0.717) is 12.4 Å². The fraction of sp³-hybridized carbons (Fsp3) is 0.500. The van der Waals surface area contributed by atoms with Crippen molar-refractivity contribution in [2.24, 2.45) is 0 Å². The minimum Gasteiger partial charge on any atom is -0.481 e. The van der Waals surface area contributed by atoms with Crippen molar-refractivity contribution in [3.05, 3.63) is 41.1 Å². The van der Waals surface area contributed by atoms with Crippen LogP contribution in [-0.2, 0) is 4.79 Å². The molecule has 0 aliphatic carbocycles. The van der Waals surface area contributed by atoms with Crippen molar-refractivity contribution in [1.82, 2.24) is 14.9 Å². The largest absolute Gasteiger partial charge is 0.481 e. The molecule has 0 spiro atoms. The molecule has 1 saturated heterocycles. The molecule has 0 bridgehead atoms. The van der Waals surface area contributed by atoms with Gasteiger partial charge in [0.05, 0.1) is 11.6 Å². The summed E-state index contributed by atoms with van der Waals surface area (Å²) in [6.45, 7) is 9.66. The van der Waals surface area contributed by atoms with Crippen LogP contribution in [0, 0.1) is 13.8 Å². The van der Waals surface area contributed by atoms with Crippen LogP contribution in [0.3, 0.4) is 0 Å². The lowest BCUT2D eigenvalue weighted by molar-refractivity contribution is -0.139. The Labute approximate surface area is 167 Å². The monoisotopic (exact) mass is 382 g/mol. The number of aliphatic carboxylic acids is 1. The average Bonchev–Trinajstić information content (AvgIpc) is 2.67. The highest BCUT2D eigenvalue weighted by Gasteiger charge is 2.28. The Hall–Kier alpha value is -2.47. The lowest BCUT2D eigenvalue weighted by atomic mass is 9.89. The molecule has 2 heterocycles. The number of carbonyl (C=O) groups is 1. The maximum atomic E-state index is 12.0. The van der Waals surface area contributed by atoms with Crippen molar-refractivity contribution < 1.29 is 9.90 Å². The van der Waals surface area contributed by atoms with Crippen LogP contribution in [0.15, 0.2) is 24.3 Å². The van der Waals surface area contributed by atoms with Crippen LogP contribution >= 0.6 is 0 Å². The number of carboxylic acid groups (broad SMARTS) is 1. The fourth-order valence-electron chi connectivity index (χ4n) is 3.74. The van der Waals surface area contributed by atoms with Crippen LogP contribution in [-0.4, -0.2) is 59.2 Å². The highest BCUT2D eigenvalue weighted by Crippen LogP contribution is 2.34. The van der Waals surface area contributed by atoms with Gasteiger partial charge in [-0.2, -0.15) is 0 Å². The number of carboxylic acids is 1. The van der Waals surface area contributed by atoms with E-state index in [2.05, 4.69) is 16.8 Å². The van der Waals surface area contributed by atoms with Gasteiger partial charge in [0.2, 0.25) is 5.95 Å². The summed E-state index contributed by atoms with van der Waals surface area (Å²) in [6, 6.07) is 8.14. The molecule has 0 saturated carbocycles. The summed E-state index contributed by atoms with van der Waals surface area (Å²) in [5.74, 6) is -0.706. The number of aryl methyl sites for hydroxylation is 2. The molecule has 1 N–H and O–H groups in total. The molecule has 6 nitrogen and oxygen atoms in total. The molecule has 0 amide bonds. The Morgan fingerprint density at radius 1 is 1.11 bits per heavy atom. The first-order chi connectivity index (χ1) is 13.4. The van der Waals surface area contributed by atoms with Crippen molar-refractivity contribution in [2.75, 3.05) is 38.1 Å². The van der Waals surface area contributed by atoms with E-state index in [-0.39, 0.29) is 0 Å². The third-order valence-corrected chi connectivity index (χ3v) is 5.46. The van der Waals surface area contributed by atoms with Gasteiger partial charge in [-0.05, 0) is 27.3 Å². The van der Waals surface area contributed by atoms with E-state index in [1.54, 1.807) is 0 Å². The van der Waals surface area contributed by atoms with Crippen LogP contribution in [0.1, 0.15) is 42.5 Å². The highest BCUT2D eigenvalue weighted by atomic mass is 16.4. The minimum absolute atomic E-state index is 0.576. The van der Waals surface area contributed by atoms with Crippen molar-refractivity contribution in [3.63, 3.8) is 0 Å². The summed E-state index contributed by atoms with van der Waals surface area (Å²) < 4.78 is 0. The number of rotatable bonds is 6. The molecule has 150 valence electrons. The van der Waals surface area contributed by atoms with Gasteiger partial charge in [0, 0.05) is 43.0 Å². The molecule has 1 unspecified atom stereocenters. The standard InChI is InChI=1S/C22H30N4O2/c1-5-6-18(21(27)28)19-16(3)23-22(26-13-11-25(4)12-14-26)24-20(19)17-9-7-15(2)8-10-17/h7-10,18H,5-6,11-14H2,1-4H3,(H,27,28). The number of hydrogen-bond donors (Lipinski definition) is 1. The van der Waals surface area contributed by atoms with Gasteiger partial charge in [0.15, 0.2) is 0 Å². The van der Waals surface area contributed by atoms with Crippen LogP contribution in [0.25, 0.3) is 11.3 Å². The third-order valence-electron chi connectivity index (χ3n) is 5.46. The van der Waals surface area contributed by atoms with E-state index in [1.165, 1.54) is 5.56 Å². The van der Waals surface area contributed by atoms with E-state index in [1.807, 2.05) is 45.0 Å². The Bertz CT molecular complexity index is 827. The lowest BCUT2D eigenvalue weighted by Gasteiger charge is -2.33. The zero-order valence-electron chi connectivity index (χ0n) is 17.3. The molecule has 28 heavy (non-hydrogen) atoms. The number of piperazine rings is 1. The first-order valence-corrected chi connectivity index (χ1v) is 10.0. The zero-order chi connectivity index (χ0) is 20.3. The number of nitrogens with zero attached hydrogens (tertiary/aromatic N) is 4. The predicted octanol–water partition coefficient (Wildman–Crippen LogP) is 3.48. The van der Waals surface area contributed by atoms with Crippen LogP contribution in [0.5, 0.6) is 0 Å². The molecular weight excluding hydrogens is 352 g/mol. The molecule has 1 fully saturated rings. The van der Waals surface area contributed by atoms with Crippen molar-refractivity contribution >= 4 is 11.9 Å². The maximum Gasteiger partial charge on any atom is 0.311 e. The van der Waals surface area contributed by atoms with Crippen LogP contribution in [0.2, 0.25) is 0 Å². The molecule has 0 radical (unpaired) electrons. The number of likely N-dealkylation sites (N-methyl/N-ethyl adjacent to an activating group) is 1. The molecular formula is C22H30N4O2. The molecule has 6 heteroatoms. The zero-order valence-corrected chi connectivity index (χ0v) is 17.3. The number of aromatic nitrogens is 2. The van der Waals surface area contributed by atoms with Crippen molar-refractivity contribution in [3.8, 4) is 11.3 Å². The van der Waals surface area contributed by atoms with E-state index in [9.17, 15) is 9.90 Å². The Morgan fingerprint density at radius 2 is 1.75 bits per heavy atom. The van der Waals surface area contributed by atoms with Crippen molar-refractivity contribution in [2.45, 2.75) is 39.5 Å². The first kappa shape index (κ1) is 20.3. The molecule has 2 aromatic rings. The molecule has 1 aromatic carbocycles. The highest BCUT2D eigenvalue weighted by molar-refractivity contribution is 5.81. The molecule has 1 aromatic heterocycles. The Balaban J connectivity index is 2.12. The van der Waals surface area contributed by atoms with Gasteiger partial charge >= 0.3 is 5.97 Å². The van der Waals surface area contributed by atoms with Crippen LogP contribution in [0.4, 0.5) is 5.95 Å². The summed E-state index contributed by atoms with van der Waals surface area (Å²) in [4.78, 5) is 26.2. The fourth-order valence-corrected chi connectivity index (χ4v) is 3.74. The Kier molecular flexibility index (Phi) is 6.29. The minimum atomic E-state index is -0.811. The quantitative estimate of drug-likeness (QED) is 0.825. The smallest absolute Gasteiger partial charge is 0.311 e. The summed E-state index contributed by atoms with van der Waals surface area (Å²) in [5.41, 5.74) is 4.38. The second-order valence-electron chi connectivity index (χ2n) is 7.71. The number of hydrogen-bond acceptors (Lipinski definition) is 5. The Morgan fingerprint density at radius 3 is 2.32 bits per heavy atom.